The highest BCUT2D eigenvalue weighted by molar-refractivity contribution is 5.81. The lowest BCUT2D eigenvalue weighted by Crippen LogP contribution is -2.54. The number of nitrogens with one attached hydrogen (secondary N) is 1. The fraction of sp³-hybridized carbons (Fsp3) is 0.700. The maximum Gasteiger partial charge on any atom is 0.237 e. The number of amides is 2. The molecule has 1 aromatic heterocycles. The Bertz CT molecular complexity index is 667. The van der Waals surface area contributed by atoms with Crippen LogP contribution in [0.1, 0.15) is 50.9 Å². The largest absolute Gasteiger partial charge is 0.355 e. The standard InChI is InChI=1S/C20H31N5O2/c1-4-21-19(27)16(3)24-9-7-20(8-10-24)6-5-18(26)25(14-20)13-17-12-22-15(2)11-23-17/h11-12,16H,4-10,13-14H2,1-3H3,(H,21,27)/t16-/m1/s1. The summed E-state index contributed by atoms with van der Waals surface area (Å²) in [7, 11) is 0. The molecule has 2 fully saturated rings. The lowest BCUT2D eigenvalue weighted by molar-refractivity contribution is -0.140. The number of aromatic nitrogens is 2. The van der Waals surface area contributed by atoms with E-state index in [1.165, 1.54) is 0 Å². The van der Waals surface area contributed by atoms with Gasteiger partial charge in [-0.2, -0.15) is 0 Å². The van der Waals surface area contributed by atoms with Crippen molar-refractivity contribution in [1.29, 1.82) is 0 Å². The maximum absolute atomic E-state index is 12.4. The van der Waals surface area contributed by atoms with Crippen LogP contribution < -0.4 is 5.32 Å². The predicted molar refractivity (Wildman–Crippen MR) is 103 cm³/mol. The lowest BCUT2D eigenvalue weighted by Gasteiger charge is -2.48. The van der Waals surface area contributed by atoms with Crippen LogP contribution in [0.5, 0.6) is 0 Å². The molecule has 0 aromatic carbocycles. The van der Waals surface area contributed by atoms with E-state index in [0.29, 0.717) is 19.5 Å². The summed E-state index contributed by atoms with van der Waals surface area (Å²) in [6, 6.07) is -0.0912. The smallest absolute Gasteiger partial charge is 0.237 e. The number of rotatable bonds is 5. The normalized spacial score (nSPS) is 21.3. The van der Waals surface area contributed by atoms with Crippen molar-refractivity contribution in [1.82, 2.24) is 25.1 Å². The van der Waals surface area contributed by atoms with Crippen LogP contribution in [0.25, 0.3) is 0 Å². The highest BCUT2D eigenvalue weighted by Crippen LogP contribution is 2.40. The Kier molecular flexibility index (Phi) is 6.09. The monoisotopic (exact) mass is 373 g/mol. The summed E-state index contributed by atoms with van der Waals surface area (Å²) in [5, 5.41) is 2.91. The zero-order valence-electron chi connectivity index (χ0n) is 16.7. The van der Waals surface area contributed by atoms with Crippen LogP contribution in [0.4, 0.5) is 0 Å². The molecule has 1 atom stereocenters. The number of aryl methyl sites for hydroxylation is 1. The number of hydrogen-bond donors (Lipinski definition) is 1. The van der Waals surface area contributed by atoms with Gasteiger partial charge in [-0.25, -0.2) is 0 Å². The number of likely N-dealkylation sites (tertiary alicyclic amines) is 2. The third kappa shape index (κ3) is 4.64. The fourth-order valence-electron chi connectivity index (χ4n) is 4.22. The van der Waals surface area contributed by atoms with Gasteiger partial charge in [-0.3, -0.25) is 24.5 Å². The minimum absolute atomic E-state index is 0.0912. The molecule has 27 heavy (non-hydrogen) atoms. The molecule has 3 rings (SSSR count). The summed E-state index contributed by atoms with van der Waals surface area (Å²) in [5.41, 5.74) is 1.89. The van der Waals surface area contributed by atoms with Gasteiger partial charge in [-0.05, 0) is 58.5 Å². The van der Waals surface area contributed by atoms with Gasteiger partial charge in [0, 0.05) is 25.7 Å². The van der Waals surface area contributed by atoms with Gasteiger partial charge in [0.05, 0.1) is 30.2 Å². The minimum atomic E-state index is -0.0912. The molecule has 0 aliphatic carbocycles. The Balaban J connectivity index is 1.60. The zero-order chi connectivity index (χ0) is 19.4. The molecule has 2 amide bonds. The molecule has 2 aliphatic heterocycles. The first-order valence-electron chi connectivity index (χ1n) is 9.99. The second kappa shape index (κ2) is 8.33. The van der Waals surface area contributed by atoms with Gasteiger partial charge < -0.3 is 10.2 Å². The number of piperidine rings is 2. The van der Waals surface area contributed by atoms with E-state index in [9.17, 15) is 9.59 Å². The number of carbonyl (C=O) groups excluding carboxylic acids is 2. The predicted octanol–water partition coefficient (Wildman–Crippen LogP) is 1.51. The molecule has 2 saturated heterocycles. The van der Waals surface area contributed by atoms with E-state index in [-0.39, 0.29) is 23.3 Å². The molecule has 3 heterocycles. The van der Waals surface area contributed by atoms with Crippen molar-refractivity contribution in [2.45, 2.75) is 59.0 Å². The van der Waals surface area contributed by atoms with Crippen molar-refractivity contribution >= 4 is 11.8 Å². The van der Waals surface area contributed by atoms with Gasteiger partial charge in [0.15, 0.2) is 0 Å². The third-order valence-electron chi connectivity index (χ3n) is 6.07. The molecule has 7 nitrogen and oxygen atoms in total. The molecule has 0 saturated carbocycles. The average Bonchev–Trinajstić information content (AvgIpc) is 2.67. The lowest BCUT2D eigenvalue weighted by atomic mass is 9.72. The van der Waals surface area contributed by atoms with E-state index in [1.54, 1.807) is 12.4 Å². The van der Waals surface area contributed by atoms with Crippen LogP contribution in [0.3, 0.4) is 0 Å². The Morgan fingerprint density at radius 1 is 1.26 bits per heavy atom. The van der Waals surface area contributed by atoms with Gasteiger partial charge in [0.25, 0.3) is 0 Å². The topological polar surface area (TPSA) is 78.4 Å². The summed E-state index contributed by atoms with van der Waals surface area (Å²) in [6.07, 6.45) is 7.12. The second-order valence-corrected chi connectivity index (χ2v) is 8.01. The molecule has 0 radical (unpaired) electrons. The van der Waals surface area contributed by atoms with Crippen LogP contribution in [0.15, 0.2) is 12.4 Å². The van der Waals surface area contributed by atoms with E-state index in [4.69, 9.17) is 0 Å². The number of hydrogen-bond acceptors (Lipinski definition) is 5. The van der Waals surface area contributed by atoms with Crippen LogP contribution in [-0.4, -0.2) is 63.8 Å². The molecule has 0 unspecified atom stereocenters. The summed E-state index contributed by atoms with van der Waals surface area (Å²) < 4.78 is 0. The summed E-state index contributed by atoms with van der Waals surface area (Å²) in [6.45, 7) is 9.64. The van der Waals surface area contributed by atoms with Crippen LogP contribution >= 0.6 is 0 Å². The van der Waals surface area contributed by atoms with Gasteiger partial charge in [0.2, 0.25) is 11.8 Å². The Morgan fingerprint density at radius 2 is 2.00 bits per heavy atom. The molecular formula is C20H31N5O2. The summed E-state index contributed by atoms with van der Waals surface area (Å²) in [4.78, 5) is 37.5. The first-order chi connectivity index (χ1) is 12.9. The fourth-order valence-corrected chi connectivity index (χ4v) is 4.22. The quantitative estimate of drug-likeness (QED) is 0.847. The Hall–Kier alpha value is -2.02. The van der Waals surface area contributed by atoms with Gasteiger partial charge >= 0.3 is 0 Å². The van der Waals surface area contributed by atoms with Gasteiger partial charge in [-0.1, -0.05) is 0 Å². The van der Waals surface area contributed by atoms with Crippen molar-refractivity contribution in [3.8, 4) is 0 Å². The molecule has 1 aromatic rings. The summed E-state index contributed by atoms with van der Waals surface area (Å²) >= 11 is 0. The zero-order valence-corrected chi connectivity index (χ0v) is 16.7. The van der Waals surface area contributed by atoms with Gasteiger partial charge in [0.1, 0.15) is 0 Å². The first-order valence-corrected chi connectivity index (χ1v) is 9.99. The van der Waals surface area contributed by atoms with Crippen LogP contribution in [0, 0.1) is 12.3 Å². The molecule has 7 heteroatoms. The molecule has 0 bridgehead atoms. The number of nitrogens with zero attached hydrogens (tertiary/aromatic N) is 4. The third-order valence-corrected chi connectivity index (χ3v) is 6.07. The molecule has 2 aliphatic rings. The molecule has 1 N–H and O–H groups in total. The van der Waals surface area contributed by atoms with Crippen molar-refractivity contribution in [2.75, 3.05) is 26.2 Å². The maximum atomic E-state index is 12.4. The molecular weight excluding hydrogens is 342 g/mol. The SMILES string of the molecule is CCNC(=O)[C@@H](C)N1CCC2(CCC(=O)N(Cc3cnc(C)cn3)C2)CC1. The van der Waals surface area contributed by atoms with E-state index in [2.05, 4.69) is 20.2 Å². The van der Waals surface area contributed by atoms with E-state index < -0.39 is 0 Å². The van der Waals surface area contributed by atoms with E-state index in [0.717, 1.165) is 50.3 Å². The van der Waals surface area contributed by atoms with Crippen molar-refractivity contribution in [3.63, 3.8) is 0 Å². The Labute approximate surface area is 161 Å². The number of carbonyl (C=O) groups is 2. The average molecular weight is 374 g/mol. The second-order valence-electron chi connectivity index (χ2n) is 8.01. The van der Waals surface area contributed by atoms with Crippen LogP contribution in [0.2, 0.25) is 0 Å². The van der Waals surface area contributed by atoms with Crippen molar-refractivity contribution < 1.29 is 9.59 Å². The highest BCUT2D eigenvalue weighted by atomic mass is 16.2. The van der Waals surface area contributed by atoms with Crippen LogP contribution in [-0.2, 0) is 16.1 Å². The Morgan fingerprint density at radius 3 is 2.63 bits per heavy atom. The highest BCUT2D eigenvalue weighted by Gasteiger charge is 2.42. The first kappa shape index (κ1) is 19.7. The number of likely N-dealkylation sites (N-methyl/N-ethyl adjacent to an activating group) is 1. The van der Waals surface area contributed by atoms with Gasteiger partial charge in [-0.15, -0.1) is 0 Å². The minimum Gasteiger partial charge on any atom is -0.355 e. The molecule has 148 valence electrons. The van der Waals surface area contributed by atoms with E-state index in [1.807, 2.05) is 25.7 Å². The van der Waals surface area contributed by atoms with E-state index >= 15 is 0 Å². The summed E-state index contributed by atoms with van der Waals surface area (Å²) in [5.74, 6) is 0.313. The van der Waals surface area contributed by atoms with Crippen molar-refractivity contribution in [3.05, 3.63) is 23.8 Å². The molecule has 1 spiro atoms. The van der Waals surface area contributed by atoms with Crippen molar-refractivity contribution in [2.24, 2.45) is 5.41 Å².